The summed E-state index contributed by atoms with van der Waals surface area (Å²) >= 11 is 0. The molecule has 7 heteroatoms. The van der Waals surface area contributed by atoms with Crippen molar-refractivity contribution in [2.24, 2.45) is 0 Å². The van der Waals surface area contributed by atoms with Gasteiger partial charge in [0.15, 0.2) is 0 Å². The summed E-state index contributed by atoms with van der Waals surface area (Å²) in [4.78, 5) is 26.3. The van der Waals surface area contributed by atoms with Crippen molar-refractivity contribution in [3.63, 3.8) is 0 Å². The summed E-state index contributed by atoms with van der Waals surface area (Å²) in [6.45, 7) is 3.15. The van der Waals surface area contributed by atoms with Crippen molar-refractivity contribution in [3.05, 3.63) is 24.0 Å². The first kappa shape index (κ1) is 15.2. The maximum atomic E-state index is 11.8. The summed E-state index contributed by atoms with van der Waals surface area (Å²) in [6, 6.07) is 2.86. The fourth-order valence-corrected chi connectivity index (χ4v) is 2.18. The number of carboxylic acid groups (broad SMARTS) is 1. The second-order valence-electron chi connectivity index (χ2n) is 5.32. The zero-order chi connectivity index (χ0) is 15.3. The molecule has 0 spiro atoms. The maximum Gasteiger partial charge on any atom is 0.319 e. The Bertz CT molecular complexity index is 509. The topological polar surface area (TPSA) is 101 Å². The maximum absolute atomic E-state index is 11.8. The predicted molar refractivity (Wildman–Crippen MR) is 76.2 cm³/mol. The summed E-state index contributed by atoms with van der Waals surface area (Å²) in [5, 5.41) is 14.1. The smallest absolute Gasteiger partial charge is 0.319 e. The minimum Gasteiger partial charge on any atom is -0.481 e. The molecule has 7 nitrogen and oxygen atoms in total. The van der Waals surface area contributed by atoms with Gasteiger partial charge < -0.3 is 20.5 Å². The number of pyridine rings is 1. The van der Waals surface area contributed by atoms with Gasteiger partial charge in [0.05, 0.1) is 29.6 Å². The third kappa shape index (κ3) is 4.71. The Morgan fingerprint density at radius 1 is 1.48 bits per heavy atom. The Balaban J connectivity index is 1.80. The van der Waals surface area contributed by atoms with Gasteiger partial charge in [-0.3, -0.25) is 9.78 Å². The minimum atomic E-state index is -0.939. The Morgan fingerprint density at radius 3 is 2.86 bits per heavy atom. The van der Waals surface area contributed by atoms with E-state index in [-0.39, 0.29) is 18.1 Å². The predicted octanol–water partition coefficient (Wildman–Crippen LogP) is 1.40. The Kier molecular flexibility index (Phi) is 4.74. The number of carbonyl (C=O) groups is 2. The van der Waals surface area contributed by atoms with Crippen LogP contribution in [0.25, 0.3) is 0 Å². The number of amides is 2. The number of hydrogen-bond donors (Lipinski definition) is 3. The molecule has 2 amide bonds. The molecule has 0 saturated carbocycles. The molecule has 3 N–H and O–H groups in total. The molecule has 1 aliphatic rings. The number of aromatic nitrogens is 1. The van der Waals surface area contributed by atoms with Gasteiger partial charge in [-0.05, 0) is 31.9 Å². The molecule has 0 radical (unpaired) electrons. The monoisotopic (exact) mass is 293 g/mol. The number of carboxylic acids is 1. The number of rotatable bonds is 5. The number of urea groups is 1. The third-order valence-electron chi connectivity index (χ3n) is 3.34. The van der Waals surface area contributed by atoms with Gasteiger partial charge in [-0.15, -0.1) is 0 Å². The van der Waals surface area contributed by atoms with E-state index in [4.69, 9.17) is 9.84 Å². The number of ether oxygens (including phenoxy) is 1. The van der Waals surface area contributed by atoms with Gasteiger partial charge in [-0.1, -0.05) is 0 Å². The van der Waals surface area contributed by atoms with Gasteiger partial charge >= 0.3 is 12.0 Å². The fourth-order valence-electron chi connectivity index (χ4n) is 2.18. The summed E-state index contributed by atoms with van der Waals surface area (Å²) in [5.41, 5.74) is 0.667. The molecule has 0 aliphatic carbocycles. The molecule has 0 bridgehead atoms. The SMILES string of the molecule is CC1(CNC(=O)Nc2ccc(CC(=O)O)nc2)CCCO1. The summed E-state index contributed by atoms with van der Waals surface area (Å²) in [6.07, 6.45) is 3.24. The van der Waals surface area contributed by atoms with Gasteiger partial charge in [-0.2, -0.15) is 0 Å². The van der Waals surface area contributed by atoms with E-state index in [1.54, 1.807) is 12.1 Å². The fraction of sp³-hybridized carbons (Fsp3) is 0.500. The lowest BCUT2D eigenvalue weighted by Crippen LogP contribution is -2.41. The molecule has 2 heterocycles. The van der Waals surface area contributed by atoms with Crippen LogP contribution in [0.1, 0.15) is 25.5 Å². The van der Waals surface area contributed by atoms with Crippen LogP contribution in [0.3, 0.4) is 0 Å². The highest BCUT2D eigenvalue weighted by Crippen LogP contribution is 2.23. The lowest BCUT2D eigenvalue weighted by atomic mass is 10.0. The number of nitrogens with one attached hydrogen (secondary N) is 2. The Hall–Kier alpha value is -2.15. The average Bonchev–Trinajstić information content (AvgIpc) is 2.86. The standard InChI is InChI=1S/C14H19N3O4/c1-14(5-2-6-21-14)9-16-13(20)17-11-4-3-10(15-8-11)7-12(18)19/h3-4,8H,2,5-7,9H2,1H3,(H,18,19)(H2,16,17,20). The van der Waals surface area contributed by atoms with E-state index in [1.165, 1.54) is 6.20 Å². The molecule has 114 valence electrons. The molecular formula is C14H19N3O4. The van der Waals surface area contributed by atoms with Crippen molar-refractivity contribution in [2.75, 3.05) is 18.5 Å². The van der Waals surface area contributed by atoms with Gasteiger partial charge in [0, 0.05) is 13.2 Å². The molecule has 1 fully saturated rings. The second kappa shape index (κ2) is 6.53. The third-order valence-corrected chi connectivity index (χ3v) is 3.34. The summed E-state index contributed by atoms with van der Waals surface area (Å²) < 4.78 is 5.58. The average molecular weight is 293 g/mol. The van der Waals surface area contributed by atoms with E-state index < -0.39 is 5.97 Å². The van der Waals surface area contributed by atoms with Crippen LogP contribution in [0.5, 0.6) is 0 Å². The van der Waals surface area contributed by atoms with Crippen LogP contribution in [0, 0.1) is 0 Å². The van der Waals surface area contributed by atoms with Gasteiger partial charge in [0.25, 0.3) is 0 Å². The molecule has 21 heavy (non-hydrogen) atoms. The van der Waals surface area contributed by atoms with E-state index in [2.05, 4.69) is 15.6 Å². The van der Waals surface area contributed by atoms with Gasteiger partial charge in [-0.25, -0.2) is 4.79 Å². The van der Waals surface area contributed by atoms with Crippen molar-refractivity contribution in [3.8, 4) is 0 Å². The molecular weight excluding hydrogens is 274 g/mol. The normalized spacial score (nSPS) is 21.0. The molecule has 0 aromatic carbocycles. The lowest BCUT2D eigenvalue weighted by Gasteiger charge is -2.23. The minimum absolute atomic E-state index is 0.137. The van der Waals surface area contributed by atoms with Crippen molar-refractivity contribution in [1.29, 1.82) is 0 Å². The molecule has 1 saturated heterocycles. The Labute approximate surface area is 122 Å². The first-order valence-electron chi connectivity index (χ1n) is 6.82. The highest BCUT2D eigenvalue weighted by Gasteiger charge is 2.29. The largest absolute Gasteiger partial charge is 0.481 e. The highest BCUT2D eigenvalue weighted by molar-refractivity contribution is 5.89. The van der Waals surface area contributed by atoms with Crippen molar-refractivity contribution in [1.82, 2.24) is 10.3 Å². The molecule has 1 aromatic rings. The summed E-state index contributed by atoms with van der Waals surface area (Å²) in [7, 11) is 0. The van der Waals surface area contributed by atoms with Crippen LogP contribution in [0.4, 0.5) is 10.5 Å². The summed E-state index contributed by atoms with van der Waals surface area (Å²) in [5.74, 6) is -0.939. The highest BCUT2D eigenvalue weighted by atomic mass is 16.5. The number of carbonyl (C=O) groups excluding carboxylic acids is 1. The van der Waals surface area contributed by atoms with E-state index in [0.717, 1.165) is 19.4 Å². The molecule has 2 rings (SSSR count). The van der Waals surface area contributed by atoms with Crippen LogP contribution in [-0.4, -0.2) is 40.8 Å². The van der Waals surface area contributed by atoms with Crippen molar-refractivity contribution >= 4 is 17.7 Å². The number of hydrogen-bond acceptors (Lipinski definition) is 4. The van der Waals surface area contributed by atoms with Gasteiger partial charge in [0.1, 0.15) is 0 Å². The van der Waals surface area contributed by atoms with E-state index >= 15 is 0 Å². The van der Waals surface area contributed by atoms with Crippen LogP contribution in [-0.2, 0) is 16.0 Å². The van der Waals surface area contributed by atoms with E-state index in [1.807, 2.05) is 6.92 Å². The molecule has 1 atom stereocenters. The van der Waals surface area contributed by atoms with Gasteiger partial charge in [0.2, 0.25) is 0 Å². The quantitative estimate of drug-likeness (QED) is 0.762. The number of aliphatic carboxylic acids is 1. The zero-order valence-corrected chi connectivity index (χ0v) is 11.9. The molecule has 1 aromatic heterocycles. The molecule has 1 aliphatic heterocycles. The number of anilines is 1. The zero-order valence-electron chi connectivity index (χ0n) is 11.9. The molecule has 1 unspecified atom stereocenters. The first-order chi connectivity index (χ1) is 9.97. The second-order valence-corrected chi connectivity index (χ2v) is 5.32. The van der Waals surface area contributed by atoms with Crippen molar-refractivity contribution in [2.45, 2.75) is 31.8 Å². The Morgan fingerprint density at radius 2 is 2.29 bits per heavy atom. The van der Waals surface area contributed by atoms with Crippen LogP contribution in [0.2, 0.25) is 0 Å². The lowest BCUT2D eigenvalue weighted by molar-refractivity contribution is -0.136. The number of nitrogens with zero attached hydrogens (tertiary/aromatic N) is 1. The van der Waals surface area contributed by atoms with Crippen molar-refractivity contribution < 1.29 is 19.4 Å². The van der Waals surface area contributed by atoms with E-state index in [0.29, 0.717) is 17.9 Å². The van der Waals surface area contributed by atoms with E-state index in [9.17, 15) is 9.59 Å². The first-order valence-corrected chi connectivity index (χ1v) is 6.82. The van der Waals surface area contributed by atoms with Crippen LogP contribution >= 0.6 is 0 Å². The van der Waals surface area contributed by atoms with Crippen LogP contribution in [0.15, 0.2) is 18.3 Å². The van der Waals surface area contributed by atoms with Crippen LogP contribution < -0.4 is 10.6 Å².